The zero-order chi connectivity index (χ0) is 25.6. The molecule has 0 radical (unpaired) electrons. The molecule has 188 valence electrons. The highest BCUT2D eigenvalue weighted by molar-refractivity contribution is 6.13. The van der Waals surface area contributed by atoms with E-state index in [1.54, 1.807) is 37.4 Å². The van der Waals surface area contributed by atoms with Crippen LogP contribution in [0, 0.1) is 0 Å². The Balaban J connectivity index is 1.29. The Kier molecular flexibility index (Phi) is 7.28. The summed E-state index contributed by atoms with van der Waals surface area (Å²) < 4.78 is 10.8. The average Bonchev–Trinajstić information content (AvgIpc) is 3.46. The number of methoxy groups -OCH3 is 1. The van der Waals surface area contributed by atoms with Crippen LogP contribution < -0.4 is 20.7 Å². The van der Waals surface area contributed by atoms with Crippen molar-refractivity contribution in [1.82, 2.24) is 10.3 Å². The van der Waals surface area contributed by atoms with Crippen LogP contribution in [0.4, 0.5) is 16.2 Å². The lowest BCUT2D eigenvalue weighted by atomic mass is 10.0. The fourth-order valence-corrected chi connectivity index (χ4v) is 4.30. The minimum absolute atomic E-state index is 0.0813. The summed E-state index contributed by atoms with van der Waals surface area (Å²) in [5.41, 5.74) is 4.07. The molecule has 2 heterocycles. The topological polar surface area (TPSA) is 102 Å². The third kappa shape index (κ3) is 5.87. The summed E-state index contributed by atoms with van der Waals surface area (Å²) in [7, 11) is 1.62. The van der Waals surface area contributed by atoms with Crippen molar-refractivity contribution < 1.29 is 19.1 Å². The van der Waals surface area contributed by atoms with Gasteiger partial charge in [-0.15, -0.1) is 0 Å². The first-order valence-electron chi connectivity index (χ1n) is 12.2. The number of carbonyl (C=O) groups is 2. The van der Waals surface area contributed by atoms with Crippen molar-refractivity contribution in [3.05, 3.63) is 84.4 Å². The molecule has 3 amide bonds. The van der Waals surface area contributed by atoms with E-state index in [2.05, 4.69) is 16.0 Å². The van der Waals surface area contributed by atoms with Gasteiger partial charge in [-0.2, -0.15) is 0 Å². The highest BCUT2D eigenvalue weighted by Crippen LogP contribution is 2.27. The van der Waals surface area contributed by atoms with E-state index >= 15 is 0 Å². The van der Waals surface area contributed by atoms with Gasteiger partial charge in [0, 0.05) is 35.5 Å². The molecule has 37 heavy (non-hydrogen) atoms. The number of amides is 3. The molecule has 1 aliphatic rings. The van der Waals surface area contributed by atoms with Crippen molar-refractivity contribution in [2.24, 2.45) is 0 Å². The van der Waals surface area contributed by atoms with Gasteiger partial charge >= 0.3 is 6.03 Å². The second-order valence-electron chi connectivity index (χ2n) is 8.80. The zero-order valence-corrected chi connectivity index (χ0v) is 20.5. The third-order valence-corrected chi connectivity index (χ3v) is 6.26. The first-order chi connectivity index (χ1) is 18.1. The van der Waals surface area contributed by atoms with Crippen LogP contribution in [-0.2, 0) is 4.74 Å². The number of para-hydroxylation sites is 1. The van der Waals surface area contributed by atoms with Crippen molar-refractivity contribution in [1.29, 1.82) is 0 Å². The molecule has 0 aliphatic carbocycles. The number of urea groups is 1. The Morgan fingerprint density at radius 1 is 0.973 bits per heavy atom. The number of rotatable bonds is 7. The Hall–Kier alpha value is -4.43. The second-order valence-corrected chi connectivity index (χ2v) is 8.80. The largest absolute Gasteiger partial charge is 0.497 e. The van der Waals surface area contributed by atoms with Gasteiger partial charge in [0.15, 0.2) is 0 Å². The summed E-state index contributed by atoms with van der Waals surface area (Å²) in [5, 5.41) is 9.35. The van der Waals surface area contributed by atoms with Crippen molar-refractivity contribution in [3.8, 4) is 17.0 Å². The summed E-state index contributed by atoms with van der Waals surface area (Å²) in [4.78, 5) is 30.3. The van der Waals surface area contributed by atoms with Gasteiger partial charge in [0.2, 0.25) is 0 Å². The fourth-order valence-electron chi connectivity index (χ4n) is 4.30. The van der Waals surface area contributed by atoms with E-state index in [1.165, 1.54) is 0 Å². The first kappa shape index (κ1) is 24.3. The molecule has 5 rings (SSSR count). The van der Waals surface area contributed by atoms with Crippen LogP contribution in [0.5, 0.6) is 5.75 Å². The maximum atomic E-state index is 13.3. The SMILES string of the molecule is COc1ccc(-c2cc(C(=O)Nc3ccc(NC(=O)NCC4CCCO4)cc3)c3ccccc3n2)cc1. The van der Waals surface area contributed by atoms with E-state index in [-0.39, 0.29) is 18.0 Å². The zero-order valence-electron chi connectivity index (χ0n) is 20.5. The number of anilines is 2. The lowest BCUT2D eigenvalue weighted by Gasteiger charge is -2.13. The van der Waals surface area contributed by atoms with E-state index in [9.17, 15) is 9.59 Å². The molecule has 1 unspecified atom stereocenters. The molecule has 0 saturated carbocycles. The quantitative estimate of drug-likeness (QED) is 0.315. The number of hydrogen-bond acceptors (Lipinski definition) is 5. The summed E-state index contributed by atoms with van der Waals surface area (Å²) in [6.45, 7) is 1.23. The van der Waals surface area contributed by atoms with Crippen LogP contribution in [0.15, 0.2) is 78.9 Å². The summed E-state index contributed by atoms with van der Waals surface area (Å²) in [6, 6.07) is 23.6. The number of nitrogens with one attached hydrogen (secondary N) is 3. The van der Waals surface area contributed by atoms with Gasteiger partial charge in [-0.3, -0.25) is 4.79 Å². The molecule has 4 aromatic rings. The van der Waals surface area contributed by atoms with Crippen LogP contribution in [0.3, 0.4) is 0 Å². The number of hydrogen-bond donors (Lipinski definition) is 3. The predicted octanol–water partition coefficient (Wildman–Crippen LogP) is 5.46. The molecule has 1 atom stereocenters. The molecule has 3 aromatic carbocycles. The third-order valence-electron chi connectivity index (χ3n) is 6.26. The summed E-state index contributed by atoms with van der Waals surface area (Å²) >= 11 is 0. The average molecular weight is 497 g/mol. The molecule has 1 saturated heterocycles. The molecular formula is C29H28N4O4. The Bertz CT molecular complexity index is 1400. The molecule has 8 heteroatoms. The minimum atomic E-state index is -0.290. The molecular weight excluding hydrogens is 468 g/mol. The van der Waals surface area contributed by atoms with E-state index in [0.717, 1.165) is 41.7 Å². The van der Waals surface area contributed by atoms with Crippen molar-refractivity contribution >= 4 is 34.2 Å². The van der Waals surface area contributed by atoms with E-state index in [0.29, 0.717) is 29.2 Å². The Morgan fingerprint density at radius 3 is 2.41 bits per heavy atom. The highest BCUT2D eigenvalue weighted by Gasteiger charge is 2.17. The lowest BCUT2D eigenvalue weighted by Crippen LogP contribution is -2.35. The van der Waals surface area contributed by atoms with E-state index < -0.39 is 0 Å². The number of ether oxygens (including phenoxy) is 2. The normalized spacial score (nSPS) is 14.8. The summed E-state index contributed by atoms with van der Waals surface area (Å²) in [6.07, 6.45) is 2.07. The van der Waals surface area contributed by atoms with Gasteiger partial charge in [0.05, 0.1) is 30.0 Å². The maximum absolute atomic E-state index is 13.3. The van der Waals surface area contributed by atoms with Gasteiger partial charge in [-0.1, -0.05) is 18.2 Å². The van der Waals surface area contributed by atoms with Crippen molar-refractivity contribution in [3.63, 3.8) is 0 Å². The van der Waals surface area contributed by atoms with Gasteiger partial charge in [-0.25, -0.2) is 9.78 Å². The molecule has 1 fully saturated rings. The molecule has 3 N–H and O–H groups in total. The van der Waals surface area contributed by atoms with Gasteiger partial charge in [0.25, 0.3) is 5.91 Å². The van der Waals surface area contributed by atoms with Crippen molar-refractivity contribution in [2.45, 2.75) is 18.9 Å². The molecule has 0 spiro atoms. The Labute approximate surface area is 215 Å². The second kappa shape index (κ2) is 11.1. The number of benzene rings is 3. The molecule has 1 aliphatic heterocycles. The number of nitrogens with zero attached hydrogens (tertiary/aromatic N) is 1. The fraction of sp³-hybridized carbons (Fsp3) is 0.207. The Morgan fingerprint density at radius 2 is 1.70 bits per heavy atom. The van der Waals surface area contributed by atoms with Crippen LogP contribution in [0.2, 0.25) is 0 Å². The van der Waals surface area contributed by atoms with Gasteiger partial charge in [0.1, 0.15) is 5.75 Å². The van der Waals surface area contributed by atoms with Crippen molar-refractivity contribution in [2.75, 3.05) is 30.9 Å². The van der Waals surface area contributed by atoms with Crippen LogP contribution in [0.25, 0.3) is 22.2 Å². The van der Waals surface area contributed by atoms with Crippen LogP contribution >= 0.6 is 0 Å². The molecule has 0 bridgehead atoms. The van der Waals surface area contributed by atoms with E-state index in [4.69, 9.17) is 14.5 Å². The van der Waals surface area contributed by atoms with Crippen LogP contribution in [0.1, 0.15) is 23.2 Å². The lowest BCUT2D eigenvalue weighted by molar-refractivity contribution is 0.102. The minimum Gasteiger partial charge on any atom is -0.497 e. The highest BCUT2D eigenvalue weighted by atomic mass is 16.5. The standard InChI is InChI=1S/C29H28N4O4/c1-36-22-14-8-19(9-15-22)27-17-25(24-6-2-3-7-26(24)33-27)28(34)31-20-10-12-21(13-11-20)32-29(35)30-18-23-5-4-16-37-23/h2-3,6-15,17,23H,4-5,16,18H2,1H3,(H,31,34)(H2,30,32,35). The molecule has 1 aromatic heterocycles. The smallest absolute Gasteiger partial charge is 0.319 e. The van der Waals surface area contributed by atoms with Gasteiger partial charge in [-0.05, 0) is 73.5 Å². The number of fused-ring (bicyclic) bond motifs is 1. The monoisotopic (exact) mass is 496 g/mol. The predicted molar refractivity (Wildman–Crippen MR) is 144 cm³/mol. The number of carbonyl (C=O) groups excluding carboxylic acids is 2. The van der Waals surface area contributed by atoms with Crippen LogP contribution in [-0.4, -0.2) is 43.3 Å². The first-order valence-corrected chi connectivity index (χ1v) is 12.2. The maximum Gasteiger partial charge on any atom is 0.319 e. The number of pyridine rings is 1. The number of aromatic nitrogens is 1. The van der Waals surface area contributed by atoms with E-state index in [1.807, 2.05) is 48.5 Å². The van der Waals surface area contributed by atoms with Gasteiger partial charge < -0.3 is 25.4 Å². The summed E-state index contributed by atoms with van der Waals surface area (Å²) in [5.74, 6) is 0.504. The molecule has 8 nitrogen and oxygen atoms in total.